The lowest BCUT2D eigenvalue weighted by Crippen LogP contribution is -2.23. The average Bonchev–Trinajstić information content (AvgIpc) is 2.39. The van der Waals surface area contributed by atoms with Crippen LogP contribution in [0, 0.1) is 31.0 Å². The molecule has 1 unspecified atom stereocenters. The number of hydrogen-bond acceptors (Lipinski definition) is 4. The molecule has 1 heterocycles. The van der Waals surface area contributed by atoms with Crippen LogP contribution in [-0.4, -0.2) is 9.97 Å². The smallest absolute Gasteiger partial charge is 0.256 e. The minimum atomic E-state index is -0.532. The number of hydrogen-bond donors (Lipinski definition) is 2. The molecule has 0 fully saturated rings. The zero-order valence-corrected chi connectivity index (χ0v) is 12.0. The summed E-state index contributed by atoms with van der Waals surface area (Å²) in [6.45, 7) is 5.20. The molecule has 2 rings (SSSR count). The van der Waals surface area contributed by atoms with E-state index < -0.39 is 11.9 Å². The number of halogens is 1. The molecule has 1 aromatic heterocycles. The molecule has 5 nitrogen and oxygen atoms in total. The summed E-state index contributed by atoms with van der Waals surface area (Å²) in [6.07, 6.45) is 0. The van der Waals surface area contributed by atoms with E-state index in [-0.39, 0.29) is 16.8 Å². The first-order valence-corrected chi connectivity index (χ1v) is 6.46. The fraction of sp³-hybridized carbons (Fsp3) is 0.267. The minimum absolute atomic E-state index is 0.237. The fourth-order valence-corrected chi connectivity index (χ4v) is 2.25. The van der Waals surface area contributed by atoms with E-state index in [4.69, 9.17) is 5.26 Å². The van der Waals surface area contributed by atoms with Gasteiger partial charge >= 0.3 is 0 Å². The second-order valence-electron chi connectivity index (χ2n) is 4.82. The van der Waals surface area contributed by atoms with Crippen LogP contribution in [0.4, 0.5) is 10.1 Å². The van der Waals surface area contributed by atoms with Gasteiger partial charge in [0.2, 0.25) is 0 Å². The lowest BCUT2D eigenvalue weighted by Gasteiger charge is -2.17. The van der Waals surface area contributed by atoms with E-state index in [0.717, 1.165) is 6.07 Å². The average molecular weight is 286 g/mol. The van der Waals surface area contributed by atoms with Gasteiger partial charge in [-0.15, -0.1) is 0 Å². The zero-order valence-electron chi connectivity index (χ0n) is 12.0. The van der Waals surface area contributed by atoms with Crippen molar-refractivity contribution in [2.45, 2.75) is 26.8 Å². The van der Waals surface area contributed by atoms with Crippen LogP contribution >= 0.6 is 0 Å². The maximum atomic E-state index is 13.9. The molecule has 0 aliphatic rings. The highest BCUT2D eigenvalue weighted by atomic mass is 19.1. The number of aryl methyl sites for hydroxylation is 2. The Morgan fingerprint density at radius 1 is 1.43 bits per heavy atom. The van der Waals surface area contributed by atoms with E-state index in [1.54, 1.807) is 20.8 Å². The Bertz CT molecular complexity index is 776. The van der Waals surface area contributed by atoms with Gasteiger partial charge in [0.25, 0.3) is 5.56 Å². The van der Waals surface area contributed by atoms with Gasteiger partial charge in [-0.2, -0.15) is 5.26 Å². The molecule has 1 aromatic carbocycles. The molecule has 2 N–H and O–H groups in total. The molecular formula is C15H15FN4O. The number of benzene rings is 1. The first kappa shape index (κ1) is 14.7. The Hall–Kier alpha value is -2.68. The van der Waals surface area contributed by atoms with Gasteiger partial charge in [0.15, 0.2) is 0 Å². The van der Waals surface area contributed by atoms with Crippen molar-refractivity contribution in [2.75, 3.05) is 5.32 Å². The van der Waals surface area contributed by atoms with Crippen LogP contribution in [0.15, 0.2) is 23.0 Å². The third kappa shape index (κ3) is 3.08. The predicted octanol–water partition coefficient (Wildman–Crippen LogP) is 2.57. The SMILES string of the molecule is Cc1nc(C)c(C(C)Nc2ccc(C#N)cc2F)c(=O)[nH]1. The van der Waals surface area contributed by atoms with E-state index in [1.165, 1.54) is 12.1 Å². The first-order chi connectivity index (χ1) is 9.92. The molecular weight excluding hydrogens is 271 g/mol. The number of aromatic nitrogens is 2. The second-order valence-corrected chi connectivity index (χ2v) is 4.82. The molecule has 108 valence electrons. The van der Waals surface area contributed by atoms with E-state index >= 15 is 0 Å². The van der Waals surface area contributed by atoms with Gasteiger partial charge in [-0.05, 0) is 39.0 Å². The van der Waals surface area contributed by atoms with E-state index in [0.29, 0.717) is 17.1 Å². The van der Waals surface area contributed by atoms with Gasteiger partial charge in [-0.25, -0.2) is 9.37 Å². The van der Waals surface area contributed by atoms with Crippen LogP contribution in [0.3, 0.4) is 0 Å². The maximum absolute atomic E-state index is 13.9. The number of nitriles is 1. The Balaban J connectivity index is 2.33. The van der Waals surface area contributed by atoms with E-state index in [9.17, 15) is 9.18 Å². The van der Waals surface area contributed by atoms with Crippen LogP contribution in [-0.2, 0) is 0 Å². The molecule has 0 spiro atoms. The maximum Gasteiger partial charge on any atom is 0.256 e. The van der Waals surface area contributed by atoms with E-state index in [1.807, 2.05) is 6.07 Å². The van der Waals surface area contributed by atoms with Gasteiger partial charge in [0.05, 0.1) is 34.6 Å². The monoisotopic (exact) mass is 286 g/mol. The van der Waals surface area contributed by atoms with Gasteiger partial charge in [-0.1, -0.05) is 0 Å². The number of nitrogens with zero attached hydrogens (tertiary/aromatic N) is 2. The molecule has 21 heavy (non-hydrogen) atoms. The van der Waals surface area contributed by atoms with Crippen LogP contribution < -0.4 is 10.9 Å². The standard InChI is InChI=1S/C15H15FN4O/c1-8-14(15(21)20-10(3)18-8)9(2)19-13-5-4-11(7-17)6-12(13)16/h4-6,9,19H,1-3H3,(H,18,20,21). The number of rotatable bonds is 3. The highest BCUT2D eigenvalue weighted by Gasteiger charge is 2.16. The van der Waals surface area contributed by atoms with Gasteiger partial charge in [0, 0.05) is 0 Å². The van der Waals surface area contributed by atoms with Crippen molar-refractivity contribution in [1.82, 2.24) is 9.97 Å². The summed E-state index contributed by atoms with van der Waals surface area (Å²) in [4.78, 5) is 18.9. The van der Waals surface area contributed by atoms with Gasteiger partial charge in [-0.3, -0.25) is 4.79 Å². The third-order valence-corrected chi connectivity index (χ3v) is 3.17. The van der Waals surface area contributed by atoms with Gasteiger partial charge < -0.3 is 10.3 Å². The Kier molecular flexibility index (Phi) is 4.03. The number of anilines is 1. The first-order valence-electron chi connectivity index (χ1n) is 6.46. The molecule has 0 aliphatic carbocycles. The summed E-state index contributed by atoms with van der Waals surface area (Å²) in [7, 11) is 0. The van der Waals surface area contributed by atoms with Crippen molar-refractivity contribution in [2.24, 2.45) is 0 Å². The molecule has 0 radical (unpaired) electrons. The number of nitrogens with one attached hydrogen (secondary N) is 2. The lowest BCUT2D eigenvalue weighted by molar-refractivity contribution is 0.626. The molecule has 0 amide bonds. The van der Waals surface area contributed by atoms with Crippen LogP contribution in [0.25, 0.3) is 0 Å². The normalized spacial score (nSPS) is 11.8. The van der Waals surface area contributed by atoms with Crippen molar-refractivity contribution in [3.05, 3.63) is 57.0 Å². The predicted molar refractivity (Wildman–Crippen MR) is 77.5 cm³/mol. The fourth-order valence-electron chi connectivity index (χ4n) is 2.25. The van der Waals surface area contributed by atoms with Crippen molar-refractivity contribution >= 4 is 5.69 Å². The lowest BCUT2D eigenvalue weighted by atomic mass is 10.1. The summed E-state index contributed by atoms with van der Waals surface area (Å²) < 4.78 is 13.9. The molecule has 0 saturated heterocycles. The summed E-state index contributed by atoms with van der Waals surface area (Å²) in [5, 5.41) is 11.7. The highest BCUT2D eigenvalue weighted by Crippen LogP contribution is 2.22. The minimum Gasteiger partial charge on any atom is -0.376 e. The molecule has 0 bridgehead atoms. The van der Waals surface area contributed by atoms with Crippen molar-refractivity contribution in [3.8, 4) is 6.07 Å². The van der Waals surface area contributed by atoms with Gasteiger partial charge in [0.1, 0.15) is 11.6 Å². The van der Waals surface area contributed by atoms with Crippen LogP contribution in [0.2, 0.25) is 0 Å². The summed E-state index contributed by atoms with van der Waals surface area (Å²) in [6, 6.07) is 5.61. The molecule has 1 atom stereocenters. The van der Waals surface area contributed by atoms with Crippen LogP contribution in [0.1, 0.15) is 35.6 Å². The van der Waals surface area contributed by atoms with Crippen molar-refractivity contribution < 1.29 is 4.39 Å². The largest absolute Gasteiger partial charge is 0.376 e. The molecule has 6 heteroatoms. The summed E-state index contributed by atoms with van der Waals surface area (Å²) in [5.74, 6) is 0.00746. The Labute approximate surface area is 121 Å². The summed E-state index contributed by atoms with van der Waals surface area (Å²) in [5.41, 5.74) is 1.31. The third-order valence-electron chi connectivity index (χ3n) is 3.17. The Morgan fingerprint density at radius 3 is 2.71 bits per heavy atom. The molecule has 2 aromatic rings. The zero-order chi connectivity index (χ0) is 15.6. The number of H-pyrrole nitrogens is 1. The van der Waals surface area contributed by atoms with Crippen LogP contribution in [0.5, 0.6) is 0 Å². The summed E-state index contributed by atoms with van der Waals surface area (Å²) >= 11 is 0. The van der Waals surface area contributed by atoms with Crippen molar-refractivity contribution in [3.63, 3.8) is 0 Å². The van der Waals surface area contributed by atoms with E-state index in [2.05, 4.69) is 15.3 Å². The topological polar surface area (TPSA) is 81.6 Å². The second kappa shape index (κ2) is 5.75. The molecule has 0 aliphatic heterocycles. The highest BCUT2D eigenvalue weighted by molar-refractivity contribution is 5.50. The quantitative estimate of drug-likeness (QED) is 0.908. The number of aromatic amines is 1. The Morgan fingerprint density at radius 2 is 2.14 bits per heavy atom. The molecule has 0 saturated carbocycles. The van der Waals surface area contributed by atoms with Crippen molar-refractivity contribution in [1.29, 1.82) is 5.26 Å².